The molecule has 8 heteroatoms. The molecule has 4 aromatic rings. The monoisotopic (exact) mass is 662 g/mol. The SMILES string of the molecule is C=C(C)C(=O)OCCOC(C)Oc1ccc(C2(c3ccc(OC(C)OCCOC(=O)C(=C)C)cc3)c3ccccc3-c3ccccc32)cc1. The molecule has 0 aromatic heterocycles. The van der Waals surface area contributed by atoms with Gasteiger partial charge in [-0.2, -0.15) is 0 Å². The van der Waals surface area contributed by atoms with Crippen LogP contribution in [0.15, 0.2) is 121 Å². The van der Waals surface area contributed by atoms with Crippen LogP contribution < -0.4 is 9.47 Å². The molecule has 4 aromatic carbocycles. The summed E-state index contributed by atoms with van der Waals surface area (Å²) in [5.41, 5.74) is 6.96. The van der Waals surface area contributed by atoms with Crippen molar-refractivity contribution >= 4 is 11.9 Å². The van der Waals surface area contributed by atoms with Crippen LogP contribution in [0.2, 0.25) is 0 Å². The van der Waals surface area contributed by atoms with Crippen LogP contribution in [0, 0.1) is 0 Å². The van der Waals surface area contributed by atoms with Crippen LogP contribution in [0.25, 0.3) is 11.1 Å². The van der Waals surface area contributed by atoms with Gasteiger partial charge in [-0.1, -0.05) is 86.0 Å². The molecule has 0 heterocycles. The molecule has 254 valence electrons. The molecule has 0 N–H and O–H groups in total. The van der Waals surface area contributed by atoms with Crippen molar-refractivity contribution in [3.8, 4) is 22.6 Å². The molecule has 0 saturated carbocycles. The number of hydrogen-bond donors (Lipinski definition) is 0. The zero-order valence-electron chi connectivity index (χ0n) is 28.4. The first-order valence-electron chi connectivity index (χ1n) is 16.2. The van der Waals surface area contributed by atoms with Crippen LogP contribution in [0.3, 0.4) is 0 Å². The van der Waals surface area contributed by atoms with Gasteiger partial charge in [0.15, 0.2) is 12.6 Å². The standard InChI is InChI=1S/C41H42O8/c1-27(2)39(42)46-25-23-44-29(5)48-33-19-15-31(16-20-33)41(37-13-9-7-11-35(37)36-12-8-10-14-38(36)41)32-17-21-34(22-18-32)49-30(6)45-24-26-47-40(43)28(3)4/h7-22,29-30H,1,3,23-26H2,2,4-6H3. The molecule has 0 amide bonds. The predicted octanol–water partition coefficient (Wildman–Crippen LogP) is 7.77. The number of carbonyl (C=O) groups excluding carboxylic acids is 2. The second kappa shape index (κ2) is 15.8. The van der Waals surface area contributed by atoms with Crippen molar-refractivity contribution in [2.75, 3.05) is 26.4 Å². The number of esters is 2. The number of hydrogen-bond acceptors (Lipinski definition) is 8. The van der Waals surface area contributed by atoms with Crippen molar-refractivity contribution in [3.63, 3.8) is 0 Å². The first-order valence-corrected chi connectivity index (χ1v) is 16.2. The lowest BCUT2D eigenvalue weighted by molar-refractivity contribution is -0.144. The van der Waals surface area contributed by atoms with Gasteiger partial charge in [0.2, 0.25) is 0 Å². The summed E-state index contributed by atoms with van der Waals surface area (Å²) < 4.78 is 33.7. The molecule has 0 spiro atoms. The number of ether oxygens (including phenoxy) is 6. The van der Waals surface area contributed by atoms with Gasteiger partial charge in [-0.05, 0) is 85.3 Å². The van der Waals surface area contributed by atoms with Gasteiger partial charge in [0.05, 0.1) is 18.6 Å². The number of fused-ring (bicyclic) bond motifs is 3. The smallest absolute Gasteiger partial charge is 0.333 e. The van der Waals surface area contributed by atoms with Crippen molar-refractivity contribution in [3.05, 3.63) is 144 Å². The molecule has 2 unspecified atom stereocenters. The summed E-state index contributed by atoms with van der Waals surface area (Å²) in [6.07, 6.45) is -1.11. The molecular formula is C41H42O8. The molecule has 8 nitrogen and oxygen atoms in total. The zero-order chi connectivity index (χ0) is 35.0. The summed E-state index contributed by atoms with van der Waals surface area (Å²) in [4.78, 5) is 23.2. The highest BCUT2D eigenvalue weighted by Crippen LogP contribution is 2.56. The molecular weight excluding hydrogens is 620 g/mol. The summed E-state index contributed by atoms with van der Waals surface area (Å²) in [5, 5.41) is 0. The minimum atomic E-state index is -0.602. The Morgan fingerprint density at radius 2 is 0.939 bits per heavy atom. The van der Waals surface area contributed by atoms with Gasteiger partial charge in [0, 0.05) is 11.1 Å². The van der Waals surface area contributed by atoms with Crippen LogP contribution in [-0.4, -0.2) is 50.9 Å². The maximum atomic E-state index is 11.6. The Morgan fingerprint density at radius 1 is 0.571 bits per heavy atom. The Kier molecular flexibility index (Phi) is 11.3. The van der Waals surface area contributed by atoms with Gasteiger partial charge in [0.1, 0.15) is 24.7 Å². The highest BCUT2D eigenvalue weighted by molar-refractivity contribution is 5.87. The number of benzene rings is 4. The average molecular weight is 663 g/mol. The summed E-state index contributed by atoms with van der Waals surface area (Å²) in [5.74, 6) is 0.408. The van der Waals surface area contributed by atoms with E-state index in [1.54, 1.807) is 27.7 Å². The third-order valence-electron chi connectivity index (χ3n) is 8.17. The van der Waals surface area contributed by atoms with Crippen molar-refractivity contribution in [2.24, 2.45) is 0 Å². The Morgan fingerprint density at radius 3 is 1.31 bits per heavy atom. The van der Waals surface area contributed by atoms with Crippen molar-refractivity contribution in [1.82, 2.24) is 0 Å². The third kappa shape index (κ3) is 7.94. The van der Waals surface area contributed by atoms with Gasteiger partial charge in [0.25, 0.3) is 0 Å². The number of carbonyl (C=O) groups is 2. The van der Waals surface area contributed by atoms with E-state index < -0.39 is 29.9 Å². The van der Waals surface area contributed by atoms with E-state index in [1.807, 2.05) is 24.3 Å². The van der Waals surface area contributed by atoms with Gasteiger partial charge >= 0.3 is 11.9 Å². The Hall–Kier alpha value is -5.18. The summed E-state index contributed by atoms with van der Waals surface area (Å²) >= 11 is 0. The lowest BCUT2D eigenvalue weighted by Gasteiger charge is -2.34. The second-order valence-corrected chi connectivity index (χ2v) is 11.8. The van der Waals surface area contributed by atoms with Gasteiger partial charge < -0.3 is 28.4 Å². The van der Waals surface area contributed by atoms with E-state index in [-0.39, 0.29) is 26.4 Å². The molecule has 2 atom stereocenters. The average Bonchev–Trinajstić information content (AvgIpc) is 3.40. The van der Waals surface area contributed by atoms with Gasteiger partial charge in [-0.15, -0.1) is 0 Å². The Bertz CT molecular complexity index is 1660. The van der Waals surface area contributed by atoms with E-state index >= 15 is 0 Å². The van der Waals surface area contributed by atoms with E-state index in [4.69, 9.17) is 28.4 Å². The Balaban J connectivity index is 1.36. The fourth-order valence-corrected chi connectivity index (χ4v) is 5.99. The van der Waals surface area contributed by atoms with Crippen molar-refractivity contribution in [1.29, 1.82) is 0 Å². The molecule has 5 rings (SSSR count). The quantitative estimate of drug-likeness (QED) is 0.0458. The fraction of sp³-hybridized carbons (Fsp3) is 0.268. The van der Waals surface area contributed by atoms with E-state index in [9.17, 15) is 9.59 Å². The van der Waals surface area contributed by atoms with Crippen molar-refractivity contribution in [2.45, 2.75) is 45.7 Å². The summed E-state index contributed by atoms with van der Waals surface area (Å²) in [6, 6.07) is 33.2. The molecule has 0 fully saturated rings. The lowest BCUT2D eigenvalue weighted by Crippen LogP contribution is -2.28. The molecule has 0 bridgehead atoms. The van der Waals surface area contributed by atoms with Crippen LogP contribution in [0.4, 0.5) is 0 Å². The second-order valence-electron chi connectivity index (χ2n) is 11.8. The van der Waals surface area contributed by atoms with Crippen LogP contribution in [0.5, 0.6) is 11.5 Å². The first-order chi connectivity index (χ1) is 23.6. The third-order valence-corrected chi connectivity index (χ3v) is 8.17. The molecule has 0 radical (unpaired) electrons. The highest BCUT2D eigenvalue weighted by Gasteiger charge is 2.45. The topological polar surface area (TPSA) is 89.5 Å². The minimum Gasteiger partial charge on any atom is -0.465 e. The summed E-state index contributed by atoms with van der Waals surface area (Å²) in [7, 11) is 0. The van der Waals surface area contributed by atoms with Crippen LogP contribution in [0.1, 0.15) is 49.9 Å². The van der Waals surface area contributed by atoms with Gasteiger partial charge in [-0.25, -0.2) is 9.59 Å². The zero-order valence-corrected chi connectivity index (χ0v) is 28.4. The maximum absolute atomic E-state index is 11.6. The van der Waals surface area contributed by atoms with Crippen LogP contribution >= 0.6 is 0 Å². The normalized spacial score (nSPS) is 13.7. The van der Waals surface area contributed by atoms with E-state index in [0.29, 0.717) is 22.6 Å². The maximum Gasteiger partial charge on any atom is 0.333 e. The predicted molar refractivity (Wildman–Crippen MR) is 187 cm³/mol. The van der Waals surface area contributed by atoms with E-state index in [1.165, 1.54) is 22.3 Å². The summed E-state index contributed by atoms with van der Waals surface area (Å²) in [6.45, 7) is 14.6. The van der Waals surface area contributed by atoms with Crippen LogP contribution in [-0.2, 0) is 34.0 Å². The molecule has 49 heavy (non-hydrogen) atoms. The molecule has 0 aliphatic heterocycles. The fourth-order valence-electron chi connectivity index (χ4n) is 5.99. The minimum absolute atomic E-state index is 0.113. The lowest BCUT2D eigenvalue weighted by atomic mass is 9.68. The number of rotatable bonds is 16. The molecule has 0 saturated heterocycles. The Labute approximate surface area is 287 Å². The molecule has 1 aliphatic carbocycles. The highest BCUT2D eigenvalue weighted by atomic mass is 16.7. The first kappa shape index (κ1) is 35.1. The van der Waals surface area contributed by atoms with E-state index in [0.717, 1.165) is 11.1 Å². The van der Waals surface area contributed by atoms with Gasteiger partial charge in [-0.3, -0.25) is 0 Å². The van der Waals surface area contributed by atoms with Crippen molar-refractivity contribution < 1.29 is 38.0 Å². The molecule has 1 aliphatic rings. The largest absolute Gasteiger partial charge is 0.465 e. The van der Waals surface area contributed by atoms with E-state index in [2.05, 4.69) is 86.0 Å².